The normalized spacial score (nSPS) is 11.0. The van der Waals surface area contributed by atoms with Crippen LogP contribution in [-0.4, -0.2) is 24.2 Å². The quantitative estimate of drug-likeness (QED) is 0.591. The molecule has 0 atom stereocenters. The molecule has 0 aliphatic rings. The third-order valence-corrected chi connectivity index (χ3v) is 4.66. The summed E-state index contributed by atoms with van der Waals surface area (Å²) in [7, 11) is 3.20. The van der Waals surface area contributed by atoms with Crippen LogP contribution < -0.4 is 19.9 Å². The molecule has 2 N–H and O–H groups in total. The Morgan fingerprint density at radius 3 is 2.52 bits per heavy atom. The number of benzene rings is 2. The molecule has 2 aromatic carbocycles. The fourth-order valence-electron chi connectivity index (χ4n) is 2.65. The zero-order valence-electron chi connectivity index (χ0n) is 13.6. The smallest absolute Gasteiger partial charge is 0.181 e. The fraction of sp³-hybridized carbons (Fsp3) is 0.111. The summed E-state index contributed by atoms with van der Waals surface area (Å²) in [5.74, 6) is 2.64. The number of fused-ring (bicyclic) bond motifs is 2. The summed E-state index contributed by atoms with van der Waals surface area (Å²) < 4.78 is 17.8. The van der Waals surface area contributed by atoms with Crippen molar-refractivity contribution in [2.45, 2.75) is 0 Å². The molecule has 25 heavy (non-hydrogen) atoms. The number of methoxy groups -OCH3 is 2. The lowest BCUT2D eigenvalue weighted by Gasteiger charge is -2.12. The van der Waals surface area contributed by atoms with Crippen molar-refractivity contribution in [2.24, 2.45) is 0 Å². The van der Waals surface area contributed by atoms with Crippen LogP contribution in [0.1, 0.15) is 0 Å². The van der Waals surface area contributed by atoms with E-state index in [0.29, 0.717) is 28.1 Å². The molecule has 0 amide bonds. The lowest BCUT2D eigenvalue weighted by Crippen LogP contribution is -1.93. The highest BCUT2D eigenvalue weighted by Crippen LogP contribution is 2.37. The molecule has 126 valence electrons. The Morgan fingerprint density at radius 1 is 0.920 bits per heavy atom. The molecule has 0 bridgehead atoms. The zero-order valence-corrected chi connectivity index (χ0v) is 14.5. The summed E-state index contributed by atoms with van der Waals surface area (Å²) in [6, 6.07) is 11.2. The SMILES string of the molecule is COc1cc2nccc(Oc3ccc4nc(N)sc4c3)c2cc1OC. The predicted octanol–water partition coefficient (Wildman–Crippen LogP) is 4.24. The number of rotatable bonds is 4. The molecule has 0 fully saturated rings. The van der Waals surface area contributed by atoms with Crippen molar-refractivity contribution in [3.63, 3.8) is 0 Å². The van der Waals surface area contributed by atoms with Gasteiger partial charge in [-0.2, -0.15) is 0 Å². The average Bonchev–Trinajstić information content (AvgIpc) is 3.00. The Balaban J connectivity index is 1.79. The molecule has 0 spiro atoms. The summed E-state index contributed by atoms with van der Waals surface area (Å²) in [5.41, 5.74) is 7.38. The lowest BCUT2D eigenvalue weighted by molar-refractivity contribution is 0.355. The summed E-state index contributed by atoms with van der Waals surface area (Å²) in [6.45, 7) is 0. The highest BCUT2D eigenvalue weighted by molar-refractivity contribution is 7.22. The lowest BCUT2D eigenvalue weighted by atomic mass is 10.2. The molecule has 0 aliphatic heterocycles. The van der Waals surface area contributed by atoms with Crippen molar-refractivity contribution in [1.82, 2.24) is 9.97 Å². The third kappa shape index (κ3) is 2.78. The zero-order chi connectivity index (χ0) is 17.4. The molecule has 2 aromatic heterocycles. The average molecular weight is 353 g/mol. The molecule has 7 heteroatoms. The maximum atomic E-state index is 6.08. The number of thiazole rings is 1. The minimum absolute atomic E-state index is 0.540. The Hall–Kier alpha value is -3.06. The standard InChI is InChI=1S/C18H15N3O3S/c1-22-15-8-11-13(9-16(15)23-2)20-6-5-14(11)24-10-3-4-12-17(7-10)25-18(19)21-12/h3-9H,1-2H3,(H2,19,21). The van der Waals surface area contributed by atoms with Gasteiger partial charge >= 0.3 is 0 Å². The topological polar surface area (TPSA) is 79.5 Å². The summed E-state index contributed by atoms with van der Waals surface area (Å²) in [5, 5.41) is 1.38. The Bertz CT molecular complexity index is 1080. The van der Waals surface area contributed by atoms with Crippen molar-refractivity contribution in [1.29, 1.82) is 0 Å². The molecule has 0 unspecified atom stereocenters. The van der Waals surface area contributed by atoms with Crippen molar-refractivity contribution < 1.29 is 14.2 Å². The first-order chi connectivity index (χ1) is 12.2. The van der Waals surface area contributed by atoms with Gasteiger partial charge in [0.25, 0.3) is 0 Å². The highest BCUT2D eigenvalue weighted by atomic mass is 32.1. The minimum atomic E-state index is 0.540. The van der Waals surface area contributed by atoms with Gasteiger partial charge in [-0.25, -0.2) is 4.98 Å². The summed E-state index contributed by atoms with van der Waals surface area (Å²) in [4.78, 5) is 8.63. The van der Waals surface area contributed by atoms with E-state index in [9.17, 15) is 0 Å². The molecule has 6 nitrogen and oxygen atoms in total. The number of nitrogen functional groups attached to an aromatic ring is 1. The Kier molecular flexibility index (Phi) is 3.77. The number of hydrogen-bond acceptors (Lipinski definition) is 7. The predicted molar refractivity (Wildman–Crippen MR) is 99.0 cm³/mol. The monoisotopic (exact) mass is 353 g/mol. The van der Waals surface area contributed by atoms with E-state index in [4.69, 9.17) is 19.9 Å². The van der Waals surface area contributed by atoms with Crippen molar-refractivity contribution in [3.8, 4) is 23.0 Å². The van der Waals surface area contributed by atoms with Gasteiger partial charge in [0.2, 0.25) is 0 Å². The van der Waals surface area contributed by atoms with Crippen LogP contribution in [0.2, 0.25) is 0 Å². The van der Waals surface area contributed by atoms with E-state index < -0.39 is 0 Å². The fourth-order valence-corrected chi connectivity index (χ4v) is 3.41. The molecular weight excluding hydrogens is 338 g/mol. The number of hydrogen-bond donors (Lipinski definition) is 1. The van der Waals surface area contributed by atoms with Gasteiger partial charge in [-0.15, -0.1) is 0 Å². The second-order valence-electron chi connectivity index (χ2n) is 5.32. The van der Waals surface area contributed by atoms with E-state index in [1.165, 1.54) is 11.3 Å². The van der Waals surface area contributed by atoms with E-state index in [2.05, 4.69) is 9.97 Å². The molecule has 4 aromatic rings. The van der Waals surface area contributed by atoms with Crippen LogP contribution in [0, 0.1) is 0 Å². The Labute approximate surface area is 147 Å². The molecule has 0 aliphatic carbocycles. The highest BCUT2D eigenvalue weighted by Gasteiger charge is 2.12. The number of nitrogens with zero attached hydrogens (tertiary/aromatic N) is 2. The maximum absolute atomic E-state index is 6.08. The van der Waals surface area contributed by atoms with Gasteiger partial charge in [0.05, 0.1) is 30.0 Å². The largest absolute Gasteiger partial charge is 0.493 e. The van der Waals surface area contributed by atoms with Gasteiger partial charge in [0, 0.05) is 23.7 Å². The van der Waals surface area contributed by atoms with E-state index in [1.807, 2.05) is 36.4 Å². The van der Waals surface area contributed by atoms with Gasteiger partial charge in [-0.3, -0.25) is 4.98 Å². The number of nitrogens with two attached hydrogens (primary N) is 1. The van der Waals surface area contributed by atoms with E-state index in [-0.39, 0.29) is 0 Å². The van der Waals surface area contributed by atoms with Crippen LogP contribution in [0.3, 0.4) is 0 Å². The van der Waals surface area contributed by atoms with Crippen molar-refractivity contribution in [3.05, 3.63) is 42.6 Å². The van der Waals surface area contributed by atoms with Crippen molar-refractivity contribution >= 4 is 37.6 Å². The van der Waals surface area contributed by atoms with Crippen LogP contribution >= 0.6 is 11.3 Å². The Morgan fingerprint density at radius 2 is 1.72 bits per heavy atom. The first-order valence-electron chi connectivity index (χ1n) is 7.52. The van der Waals surface area contributed by atoms with E-state index >= 15 is 0 Å². The first kappa shape index (κ1) is 15.5. The second-order valence-corrected chi connectivity index (χ2v) is 6.38. The van der Waals surface area contributed by atoms with Crippen LogP contribution in [0.4, 0.5) is 5.13 Å². The number of anilines is 1. The number of ether oxygens (including phenoxy) is 3. The first-order valence-corrected chi connectivity index (χ1v) is 8.34. The van der Waals surface area contributed by atoms with Gasteiger partial charge < -0.3 is 19.9 Å². The maximum Gasteiger partial charge on any atom is 0.181 e. The second kappa shape index (κ2) is 6.10. The molecule has 4 rings (SSSR count). The van der Waals surface area contributed by atoms with Gasteiger partial charge in [0.15, 0.2) is 16.6 Å². The summed E-state index contributed by atoms with van der Waals surface area (Å²) in [6.07, 6.45) is 1.70. The number of pyridine rings is 1. The van der Waals surface area contributed by atoms with Crippen LogP contribution in [0.5, 0.6) is 23.0 Å². The van der Waals surface area contributed by atoms with Crippen LogP contribution in [-0.2, 0) is 0 Å². The molecule has 0 saturated carbocycles. The van der Waals surface area contributed by atoms with Crippen molar-refractivity contribution in [2.75, 3.05) is 20.0 Å². The molecule has 2 heterocycles. The molecule has 0 radical (unpaired) electrons. The minimum Gasteiger partial charge on any atom is -0.493 e. The van der Waals surface area contributed by atoms with Gasteiger partial charge in [0.1, 0.15) is 11.5 Å². The van der Waals surface area contributed by atoms with Crippen LogP contribution in [0.15, 0.2) is 42.6 Å². The van der Waals surface area contributed by atoms with E-state index in [0.717, 1.165) is 21.1 Å². The molecular formula is C18H15N3O3S. The van der Waals surface area contributed by atoms with Gasteiger partial charge in [-0.1, -0.05) is 11.3 Å². The summed E-state index contributed by atoms with van der Waals surface area (Å²) >= 11 is 1.43. The number of aromatic nitrogens is 2. The van der Waals surface area contributed by atoms with Gasteiger partial charge in [-0.05, 0) is 24.3 Å². The van der Waals surface area contributed by atoms with Crippen LogP contribution in [0.25, 0.3) is 21.1 Å². The molecule has 0 saturated heterocycles. The third-order valence-electron chi connectivity index (χ3n) is 3.81. The van der Waals surface area contributed by atoms with E-state index in [1.54, 1.807) is 20.4 Å².